The van der Waals surface area contributed by atoms with Gasteiger partial charge in [-0.15, -0.1) is 0 Å². The molecular weight excluding hydrogens is 298 g/mol. The van der Waals surface area contributed by atoms with Gasteiger partial charge in [-0.2, -0.15) is 0 Å². The van der Waals surface area contributed by atoms with E-state index in [9.17, 15) is 14.7 Å². The molecule has 0 aromatic heterocycles. The zero-order valence-electron chi connectivity index (χ0n) is 13.7. The number of amides is 1. The van der Waals surface area contributed by atoms with Crippen LogP contribution in [0.1, 0.15) is 54.3 Å². The highest BCUT2D eigenvalue weighted by molar-refractivity contribution is 6.02. The molecule has 6 nitrogen and oxygen atoms in total. The van der Waals surface area contributed by atoms with Crippen molar-refractivity contribution in [3.05, 3.63) is 29.3 Å². The first-order valence-corrected chi connectivity index (χ1v) is 7.56. The van der Waals surface area contributed by atoms with Crippen molar-refractivity contribution in [2.45, 2.75) is 50.4 Å². The predicted molar refractivity (Wildman–Crippen MR) is 83.0 cm³/mol. The van der Waals surface area contributed by atoms with Gasteiger partial charge in [0.2, 0.25) is 0 Å². The number of hydrogen-bond donors (Lipinski definition) is 2. The summed E-state index contributed by atoms with van der Waals surface area (Å²) < 4.78 is 11.2. The molecule has 2 aliphatic heterocycles. The van der Waals surface area contributed by atoms with E-state index in [1.165, 1.54) is 13.2 Å². The lowest BCUT2D eigenvalue weighted by atomic mass is 9.63. The number of hydrogen-bond acceptors (Lipinski definition) is 4. The highest BCUT2D eigenvalue weighted by Gasteiger charge is 2.70. The maximum atomic E-state index is 12.7. The topological polar surface area (TPSA) is 84.9 Å². The van der Waals surface area contributed by atoms with E-state index in [0.717, 1.165) is 12.8 Å². The average molecular weight is 319 g/mol. The van der Waals surface area contributed by atoms with E-state index >= 15 is 0 Å². The zero-order valence-corrected chi connectivity index (χ0v) is 13.7. The molecule has 1 aromatic carbocycles. The molecule has 1 saturated carbocycles. The normalized spacial score (nSPS) is 30.4. The van der Waals surface area contributed by atoms with E-state index in [-0.39, 0.29) is 28.4 Å². The molecular formula is C17H21NO5. The summed E-state index contributed by atoms with van der Waals surface area (Å²) in [6.07, 6.45) is 1.50. The Hall–Kier alpha value is -2.08. The monoisotopic (exact) mass is 319 g/mol. The van der Waals surface area contributed by atoms with Crippen molar-refractivity contribution in [1.82, 2.24) is 5.32 Å². The van der Waals surface area contributed by atoms with Crippen molar-refractivity contribution < 1.29 is 24.2 Å². The Morgan fingerprint density at radius 3 is 2.30 bits per heavy atom. The standard InChI is InChI=1S/C17H21NO5/c1-15(2)17(8-16(3,9-17)23-15)18-13(19)10-6-5-7-11(14(20)21)12(10)22-4/h5-7H,8-9H2,1-4H3,(H,18,19)(H,20,21). The van der Waals surface area contributed by atoms with Gasteiger partial charge in [-0.3, -0.25) is 4.79 Å². The number of aromatic carboxylic acids is 1. The molecule has 0 radical (unpaired) electrons. The molecule has 23 heavy (non-hydrogen) atoms. The van der Waals surface area contributed by atoms with E-state index in [2.05, 4.69) is 5.32 Å². The van der Waals surface area contributed by atoms with Gasteiger partial charge in [-0.1, -0.05) is 6.07 Å². The second kappa shape index (κ2) is 4.71. The Labute approximate surface area is 134 Å². The summed E-state index contributed by atoms with van der Waals surface area (Å²) in [4.78, 5) is 24.0. The number of carbonyl (C=O) groups excluding carboxylic acids is 1. The first-order valence-electron chi connectivity index (χ1n) is 7.56. The van der Waals surface area contributed by atoms with Gasteiger partial charge >= 0.3 is 5.97 Å². The van der Waals surface area contributed by atoms with Crippen molar-refractivity contribution in [2.24, 2.45) is 0 Å². The number of methoxy groups -OCH3 is 1. The van der Waals surface area contributed by atoms with Crippen LogP contribution in [0.2, 0.25) is 0 Å². The van der Waals surface area contributed by atoms with E-state index in [4.69, 9.17) is 9.47 Å². The molecule has 4 rings (SSSR count). The van der Waals surface area contributed by atoms with Crippen molar-refractivity contribution in [1.29, 1.82) is 0 Å². The van der Waals surface area contributed by atoms with Gasteiger partial charge < -0.3 is 19.9 Å². The molecule has 2 saturated heterocycles. The quantitative estimate of drug-likeness (QED) is 0.889. The molecule has 124 valence electrons. The third-order valence-corrected chi connectivity index (χ3v) is 5.05. The Bertz CT molecular complexity index is 688. The fourth-order valence-electron chi connectivity index (χ4n) is 4.06. The summed E-state index contributed by atoms with van der Waals surface area (Å²) >= 11 is 0. The van der Waals surface area contributed by atoms with E-state index < -0.39 is 17.1 Å². The molecule has 1 aromatic rings. The number of nitrogens with one attached hydrogen (secondary N) is 1. The lowest BCUT2D eigenvalue weighted by Gasteiger charge is -2.46. The molecule has 2 N–H and O–H groups in total. The fraction of sp³-hybridized carbons (Fsp3) is 0.529. The van der Waals surface area contributed by atoms with Crippen molar-refractivity contribution >= 4 is 11.9 Å². The first kappa shape index (κ1) is 15.8. The average Bonchev–Trinajstić information content (AvgIpc) is 2.74. The summed E-state index contributed by atoms with van der Waals surface area (Å²) in [5.41, 5.74) is -0.891. The van der Waals surface area contributed by atoms with Crippen LogP contribution in [0.15, 0.2) is 18.2 Å². The van der Waals surface area contributed by atoms with Crippen LogP contribution in [0.4, 0.5) is 0 Å². The van der Waals surface area contributed by atoms with Crippen LogP contribution in [0.25, 0.3) is 0 Å². The Morgan fingerprint density at radius 1 is 1.22 bits per heavy atom. The third-order valence-electron chi connectivity index (χ3n) is 5.05. The Kier molecular flexibility index (Phi) is 3.23. The second-order valence-corrected chi connectivity index (χ2v) is 7.14. The molecule has 2 heterocycles. The van der Waals surface area contributed by atoms with Gasteiger partial charge in [0.05, 0.1) is 29.4 Å². The Morgan fingerprint density at radius 2 is 1.83 bits per heavy atom. The molecule has 1 amide bonds. The van der Waals surface area contributed by atoms with Gasteiger partial charge in [-0.25, -0.2) is 4.79 Å². The predicted octanol–water partition coefficient (Wildman–Crippen LogP) is 2.22. The molecule has 1 aliphatic carbocycles. The summed E-state index contributed by atoms with van der Waals surface area (Å²) in [6, 6.07) is 4.52. The van der Waals surface area contributed by atoms with E-state index in [1.54, 1.807) is 12.1 Å². The number of para-hydroxylation sites is 1. The van der Waals surface area contributed by atoms with E-state index in [0.29, 0.717) is 0 Å². The SMILES string of the molecule is COc1c(C(=O)O)cccc1C(=O)NC12CC(C)(C1)OC2(C)C. The third kappa shape index (κ3) is 2.20. The maximum Gasteiger partial charge on any atom is 0.339 e. The molecule has 6 heteroatoms. The van der Waals surface area contributed by atoms with Crippen molar-refractivity contribution in [3.63, 3.8) is 0 Å². The summed E-state index contributed by atoms with van der Waals surface area (Å²) in [7, 11) is 1.36. The molecule has 0 atom stereocenters. The largest absolute Gasteiger partial charge is 0.495 e. The van der Waals surface area contributed by atoms with Gasteiger partial charge in [0.25, 0.3) is 5.91 Å². The van der Waals surface area contributed by atoms with Gasteiger partial charge in [-0.05, 0) is 32.9 Å². The number of ether oxygens (including phenoxy) is 2. The lowest BCUT2D eigenvalue weighted by Crippen LogP contribution is -2.63. The lowest BCUT2D eigenvalue weighted by molar-refractivity contribution is -0.0426. The number of rotatable bonds is 4. The number of carboxylic acid groups (broad SMARTS) is 1. The summed E-state index contributed by atoms with van der Waals surface area (Å²) in [5, 5.41) is 12.3. The van der Waals surface area contributed by atoms with Crippen molar-refractivity contribution in [2.75, 3.05) is 7.11 Å². The minimum absolute atomic E-state index is 0.0296. The van der Waals surface area contributed by atoms with Crippen LogP contribution in [0.3, 0.4) is 0 Å². The fourth-order valence-corrected chi connectivity index (χ4v) is 4.06. The molecule has 0 unspecified atom stereocenters. The minimum Gasteiger partial charge on any atom is -0.495 e. The van der Waals surface area contributed by atoms with Crippen LogP contribution in [-0.4, -0.2) is 40.8 Å². The summed E-state index contributed by atoms with van der Waals surface area (Å²) in [6.45, 7) is 5.98. The van der Waals surface area contributed by atoms with Gasteiger partial charge in [0, 0.05) is 12.8 Å². The van der Waals surface area contributed by atoms with Crippen LogP contribution in [-0.2, 0) is 4.74 Å². The highest BCUT2D eigenvalue weighted by atomic mass is 16.5. The minimum atomic E-state index is -1.13. The number of fused-ring (bicyclic) bond motifs is 1. The number of carbonyl (C=O) groups is 2. The number of benzene rings is 1. The smallest absolute Gasteiger partial charge is 0.339 e. The van der Waals surface area contributed by atoms with E-state index in [1.807, 2.05) is 20.8 Å². The maximum absolute atomic E-state index is 12.7. The van der Waals surface area contributed by atoms with Crippen LogP contribution in [0.5, 0.6) is 5.75 Å². The second-order valence-electron chi connectivity index (χ2n) is 7.14. The molecule has 3 aliphatic rings. The van der Waals surface area contributed by atoms with Crippen molar-refractivity contribution in [3.8, 4) is 5.75 Å². The Balaban J connectivity index is 1.91. The zero-order chi connectivity index (χ0) is 17.0. The molecule has 0 spiro atoms. The highest BCUT2D eigenvalue weighted by Crippen LogP contribution is 2.60. The summed E-state index contributed by atoms with van der Waals surface area (Å²) in [5.74, 6) is -1.39. The number of carboxylic acids is 1. The van der Waals surface area contributed by atoms with Gasteiger partial charge in [0.15, 0.2) is 0 Å². The van der Waals surface area contributed by atoms with Crippen LogP contribution >= 0.6 is 0 Å². The first-order chi connectivity index (χ1) is 10.6. The molecule has 3 fully saturated rings. The van der Waals surface area contributed by atoms with Crippen LogP contribution in [0, 0.1) is 0 Å². The molecule has 2 bridgehead atoms. The van der Waals surface area contributed by atoms with Gasteiger partial charge in [0.1, 0.15) is 11.3 Å². The van der Waals surface area contributed by atoms with Crippen LogP contribution < -0.4 is 10.1 Å².